The van der Waals surface area contributed by atoms with Gasteiger partial charge in [-0.15, -0.1) is 0 Å². The van der Waals surface area contributed by atoms with Crippen LogP contribution in [0.2, 0.25) is 0 Å². The highest BCUT2D eigenvalue weighted by molar-refractivity contribution is 5.77. The van der Waals surface area contributed by atoms with Crippen LogP contribution < -0.4 is 0 Å². The fourth-order valence-electron chi connectivity index (χ4n) is 3.71. The number of nitrogens with zero attached hydrogens (tertiary/aromatic N) is 2. The van der Waals surface area contributed by atoms with E-state index in [0.29, 0.717) is 24.9 Å². The highest BCUT2D eigenvalue weighted by Crippen LogP contribution is 2.50. The molecule has 0 bridgehead atoms. The van der Waals surface area contributed by atoms with E-state index in [9.17, 15) is 9.59 Å². The van der Waals surface area contributed by atoms with Crippen LogP contribution in [-0.4, -0.2) is 60.3 Å². The van der Waals surface area contributed by atoms with Gasteiger partial charge in [0.05, 0.1) is 7.11 Å². The average molecular weight is 304 g/mol. The number of fused-ring (bicyclic) bond motifs is 1. The number of carboxylic acid groups (broad SMARTS) is 1. The Balaban J connectivity index is 1.74. The van der Waals surface area contributed by atoms with Crippen molar-refractivity contribution in [1.82, 2.24) is 9.80 Å². The number of hydrogen-bond acceptors (Lipinski definition) is 4. The van der Waals surface area contributed by atoms with Crippen molar-refractivity contribution in [3.63, 3.8) is 0 Å². The van der Waals surface area contributed by atoms with Crippen molar-refractivity contribution >= 4 is 12.1 Å². The fourth-order valence-corrected chi connectivity index (χ4v) is 3.71. The van der Waals surface area contributed by atoms with Crippen LogP contribution in [0.25, 0.3) is 0 Å². The first-order valence-electron chi connectivity index (χ1n) is 7.37. The van der Waals surface area contributed by atoms with Crippen LogP contribution in [0.1, 0.15) is 11.6 Å². The van der Waals surface area contributed by atoms with Crippen molar-refractivity contribution < 1.29 is 19.4 Å². The number of rotatable bonds is 4. The Kier molecular flexibility index (Phi) is 3.78. The van der Waals surface area contributed by atoms with Gasteiger partial charge in [0, 0.05) is 19.1 Å². The van der Waals surface area contributed by atoms with E-state index in [0.717, 1.165) is 5.56 Å². The number of methoxy groups -OCH3 is 1. The molecule has 1 aliphatic heterocycles. The predicted molar refractivity (Wildman–Crippen MR) is 79.3 cm³/mol. The molecule has 0 spiro atoms. The summed E-state index contributed by atoms with van der Waals surface area (Å²) in [6.45, 7) is 1.11. The number of hydrogen-bond donors (Lipinski definition) is 1. The summed E-state index contributed by atoms with van der Waals surface area (Å²) in [4.78, 5) is 26.7. The number of benzene rings is 1. The van der Waals surface area contributed by atoms with E-state index in [1.165, 1.54) is 12.0 Å². The summed E-state index contributed by atoms with van der Waals surface area (Å²) in [5.41, 5.74) is 0.900. The van der Waals surface area contributed by atoms with Crippen molar-refractivity contribution in [3.8, 4) is 0 Å². The molecule has 1 aromatic carbocycles. The van der Waals surface area contributed by atoms with Gasteiger partial charge in [0.25, 0.3) is 0 Å². The van der Waals surface area contributed by atoms with Crippen LogP contribution in [0.3, 0.4) is 0 Å². The third-order valence-electron chi connectivity index (χ3n) is 4.84. The minimum atomic E-state index is -0.860. The number of likely N-dealkylation sites (tertiary alicyclic amines) is 1. The van der Waals surface area contributed by atoms with Gasteiger partial charge < -0.3 is 14.7 Å². The van der Waals surface area contributed by atoms with E-state index in [1.807, 2.05) is 42.3 Å². The first kappa shape index (κ1) is 14.8. The Bertz CT molecular complexity index is 565. The highest BCUT2D eigenvalue weighted by Gasteiger charge is 2.60. The molecule has 6 heteroatoms. The molecule has 1 aromatic rings. The quantitative estimate of drug-likeness (QED) is 0.852. The van der Waals surface area contributed by atoms with Crippen LogP contribution in [0.5, 0.6) is 0 Å². The molecule has 6 nitrogen and oxygen atoms in total. The van der Waals surface area contributed by atoms with Crippen LogP contribution in [0.4, 0.5) is 4.79 Å². The molecule has 3 rings (SSSR count). The first-order chi connectivity index (χ1) is 10.5. The number of piperidine rings is 1. The number of carbonyl (C=O) groups is 2. The number of amides is 1. The van der Waals surface area contributed by atoms with Gasteiger partial charge in [-0.25, -0.2) is 9.59 Å². The van der Waals surface area contributed by atoms with Gasteiger partial charge in [-0.2, -0.15) is 0 Å². The molecule has 1 saturated carbocycles. The maximum Gasteiger partial charge on any atom is 0.407 e. The van der Waals surface area contributed by atoms with E-state index in [2.05, 4.69) is 0 Å². The maximum absolute atomic E-state index is 12.2. The molecule has 0 radical (unpaired) electrons. The van der Waals surface area contributed by atoms with Crippen LogP contribution >= 0.6 is 0 Å². The lowest BCUT2D eigenvalue weighted by Gasteiger charge is -2.29. The number of likely N-dealkylation sites (N-methyl/N-ethyl adjacent to an activating group) is 1. The summed E-state index contributed by atoms with van der Waals surface area (Å²) in [5, 5.41) is 9.03. The summed E-state index contributed by atoms with van der Waals surface area (Å²) < 4.78 is 4.96. The molecule has 2 aliphatic rings. The lowest BCUT2D eigenvalue weighted by molar-refractivity contribution is -0.147. The van der Waals surface area contributed by atoms with Crippen molar-refractivity contribution in [2.75, 3.05) is 27.2 Å². The Morgan fingerprint density at radius 2 is 1.86 bits per heavy atom. The first-order valence-corrected chi connectivity index (χ1v) is 7.37. The zero-order valence-electron chi connectivity index (χ0n) is 12.7. The average Bonchev–Trinajstić information content (AvgIpc) is 3.02. The van der Waals surface area contributed by atoms with Gasteiger partial charge in [0.1, 0.15) is 6.04 Å². The van der Waals surface area contributed by atoms with Crippen molar-refractivity contribution in [1.29, 1.82) is 0 Å². The van der Waals surface area contributed by atoms with Crippen molar-refractivity contribution in [2.45, 2.75) is 12.1 Å². The number of ether oxygens (including phenoxy) is 1. The third-order valence-corrected chi connectivity index (χ3v) is 4.84. The highest BCUT2D eigenvalue weighted by atomic mass is 16.5. The van der Waals surface area contributed by atoms with Crippen LogP contribution in [0.15, 0.2) is 30.3 Å². The third kappa shape index (κ3) is 2.43. The molecule has 0 aromatic heterocycles. The van der Waals surface area contributed by atoms with Crippen molar-refractivity contribution in [2.24, 2.45) is 11.8 Å². The Hall–Kier alpha value is -2.08. The smallest absolute Gasteiger partial charge is 0.407 e. The molecule has 4 atom stereocenters. The van der Waals surface area contributed by atoms with E-state index < -0.39 is 12.1 Å². The molecule has 22 heavy (non-hydrogen) atoms. The summed E-state index contributed by atoms with van der Waals surface area (Å²) in [7, 11) is 3.31. The minimum Gasteiger partial charge on any atom is -0.468 e. The van der Waals surface area contributed by atoms with Gasteiger partial charge in [-0.3, -0.25) is 4.90 Å². The number of carbonyl (C=O) groups excluding carboxylic acids is 1. The van der Waals surface area contributed by atoms with E-state index >= 15 is 0 Å². The molecule has 2 fully saturated rings. The summed E-state index contributed by atoms with van der Waals surface area (Å²) >= 11 is 0. The Morgan fingerprint density at radius 3 is 2.36 bits per heavy atom. The van der Waals surface area contributed by atoms with E-state index in [1.54, 1.807) is 0 Å². The summed E-state index contributed by atoms with van der Waals surface area (Å²) in [6, 6.07) is 9.34. The molecule has 1 aliphatic carbocycles. The molecular weight excluding hydrogens is 284 g/mol. The zero-order valence-corrected chi connectivity index (χ0v) is 12.7. The normalized spacial score (nSPS) is 27.4. The second-order valence-electron chi connectivity index (χ2n) is 6.01. The Morgan fingerprint density at radius 1 is 1.27 bits per heavy atom. The topological polar surface area (TPSA) is 70.1 Å². The summed E-state index contributed by atoms with van der Waals surface area (Å²) in [5.74, 6) is 0.350. The van der Waals surface area contributed by atoms with Gasteiger partial charge >= 0.3 is 12.1 Å². The van der Waals surface area contributed by atoms with Crippen LogP contribution in [-0.2, 0) is 9.53 Å². The minimum absolute atomic E-state index is 0.236. The molecule has 1 N–H and O–H groups in total. The van der Waals surface area contributed by atoms with Crippen molar-refractivity contribution in [3.05, 3.63) is 35.9 Å². The molecule has 1 amide bonds. The molecule has 2 unspecified atom stereocenters. The molecule has 118 valence electrons. The van der Waals surface area contributed by atoms with Gasteiger partial charge in [-0.1, -0.05) is 30.3 Å². The summed E-state index contributed by atoms with van der Waals surface area (Å²) in [6.07, 6.45) is -0.860. The second kappa shape index (κ2) is 5.61. The second-order valence-corrected chi connectivity index (χ2v) is 6.01. The van der Waals surface area contributed by atoms with Crippen LogP contribution in [0, 0.1) is 11.8 Å². The lowest BCUT2D eigenvalue weighted by Crippen LogP contribution is -2.39. The standard InChI is InChI=1S/C16H20N2O4/c1-17(14-11-8-18(16(20)21)9-12(11)14)13(15(19)22-2)10-6-4-3-5-7-10/h3-7,11-14H,8-9H2,1-2H3,(H,20,21)/t11-,12+,13?,14?. The molecular formula is C16H20N2O4. The van der Waals surface area contributed by atoms with Gasteiger partial charge in [0.2, 0.25) is 0 Å². The lowest BCUT2D eigenvalue weighted by atomic mass is 10.1. The van der Waals surface area contributed by atoms with Gasteiger partial charge in [0.15, 0.2) is 0 Å². The number of esters is 1. The monoisotopic (exact) mass is 304 g/mol. The maximum atomic E-state index is 12.2. The largest absolute Gasteiger partial charge is 0.468 e. The molecule has 1 heterocycles. The Labute approximate surface area is 129 Å². The molecule has 1 saturated heterocycles. The fraction of sp³-hybridized carbons (Fsp3) is 0.500. The van der Waals surface area contributed by atoms with Gasteiger partial charge in [-0.05, 0) is 24.4 Å². The van der Waals surface area contributed by atoms with E-state index in [4.69, 9.17) is 9.84 Å². The van der Waals surface area contributed by atoms with E-state index in [-0.39, 0.29) is 12.0 Å². The predicted octanol–water partition coefficient (Wildman–Crippen LogP) is 1.44. The SMILES string of the molecule is COC(=O)C(c1ccccc1)N(C)C1[C@H]2CN(C(=O)O)C[C@@H]12. The zero-order chi connectivity index (χ0) is 15.9.